The summed E-state index contributed by atoms with van der Waals surface area (Å²) in [5, 5.41) is 0. The molecule has 0 heterocycles. The highest BCUT2D eigenvalue weighted by Crippen LogP contribution is 2.30. The highest BCUT2D eigenvalue weighted by molar-refractivity contribution is 9.10. The van der Waals surface area contributed by atoms with Crippen LogP contribution in [-0.2, 0) is 6.61 Å². The minimum absolute atomic E-state index is 0.327. The molecular formula is C16H17BrFNO. The zero-order valence-electron chi connectivity index (χ0n) is 11.5. The smallest absolute Gasteiger partial charge is 0.125 e. The zero-order valence-corrected chi connectivity index (χ0v) is 13.1. The van der Waals surface area contributed by atoms with E-state index in [4.69, 9.17) is 10.5 Å². The van der Waals surface area contributed by atoms with Crippen molar-refractivity contribution in [1.82, 2.24) is 0 Å². The van der Waals surface area contributed by atoms with Gasteiger partial charge in [0.15, 0.2) is 0 Å². The number of benzene rings is 2. The van der Waals surface area contributed by atoms with Gasteiger partial charge in [0.2, 0.25) is 0 Å². The first-order valence-corrected chi connectivity index (χ1v) is 7.23. The normalized spacial score (nSPS) is 10.8. The average molecular weight is 338 g/mol. The number of hydrogen-bond acceptors (Lipinski definition) is 2. The molecule has 0 amide bonds. The molecule has 0 aromatic heterocycles. The van der Waals surface area contributed by atoms with E-state index in [-0.39, 0.29) is 5.82 Å². The maximum absolute atomic E-state index is 13.0. The molecular weight excluding hydrogens is 321 g/mol. The van der Waals surface area contributed by atoms with E-state index in [0.717, 1.165) is 21.3 Å². The molecule has 2 rings (SSSR count). The van der Waals surface area contributed by atoms with E-state index in [9.17, 15) is 4.39 Å². The lowest BCUT2D eigenvalue weighted by Gasteiger charge is -2.15. The van der Waals surface area contributed by atoms with E-state index >= 15 is 0 Å². The molecule has 4 heteroatoms. The van der Waals surface area contributed by atoms with Gasteiger partial charge in [-0.3, -0.25) is 0 Å². The van der Waals surface area contributed by atoms with E-state index < -0.39 is 0 Å². The van der Waals surface area contributed by atoms with Crippen LogP contribution in [0.5, 0.6) is 5.75 Å². The van der Waals surface area contributed by atoms with Crippen LogP contribution in [0.4, 0.5) is 10.1 Å². The fraction of sp³-hybridized carbons (Fsp3) is 0.250. The van der Waals surface area contributed by atoms with Crippen molar-refractivity contribution in [2.24, 2.45) is 0 Å². The van der Waals surface area contributed by atoms with Crippen LogP contribution in [0, 0.1) is 5.82 Å². The van der Waals surface area contributed by atoms with Crippen molar-refractivity contribution < 1.29 is 9.13 Å². The van der Waals surface area contributed by atoms with Crippen molar-refractivity contribution in [3.63, 3.8) is 0 Å². The summed E-state index contributed by atoms with van der Waals surface area (Å²) < 4.78 is 19.9. The summed E-state index contributed by atoms with van der Waals surface area (Å²) in [5.41, 5.74) is 8.10. The Bertz CT molecular complexity index is 613. The van der Waals surface area contributed by atoms with Crippen LogP contribution in [0.1, 0.15) is 30.9 Å². The van der Waals surface area contributed by atoms with E-state index in [2.05, 4.69) is 29.8 Å². The van der Waals surface area contributed by atoms with Crippen LogP contribution >= 0.6 is 15.9 Å². The summed E-state index contributed by atoms with van der Waals surface area (Å²) in [5.74, 6) is 0.845. The second kappa shape index (κ2) is 6.27. The first-order valence-electron chi connectivity index (χ1n) is 6.43. The number of nitrogen functional groups attached to an aromatic ring is 1. The van der Waals surface area contributed by atoms with E-state index in [1.807, 2.05) is 18.2 Å². The highest BCUT2D eigenvalue weighted by Gasteiger charge is 2.09. The first-order chi connectivity index (χ1) is 9.47. The van der Waals surface area contributed by atoms with Crippen molar-refractivity contribution in [3.05, 3.63) is 57.8 Å². The number of anilines is 1. The van der Waals surface area contributed by atoms with Crippen LogP contribution in [0.3, 0.4) is 0 Å². The molecule has 106 valence electrons. The lowest BCUT2D eigenvalue weighted by atomic mass is 10.0. The second-order valence-electron chi connectivity index (χ2n) is 4.97. The third-order valence-corrected chi connectivity index (χ3v) is 3.58. The zero-order chi connectivity index (χ0) is 14.7. The summed E-state index contributed by atoms with van der Waals surface area (Å²) in [6.45, 7) is 4.55. The van der Waals surface area contributed by atoms with Crippen LogP contribution in [0.2, 0.25) is 0 Å². The fourth-order valence-corrected chi connectivity index (χ4v) is 2.33. The van der Waals surface area contributed by atoms with Gasteiger partial charge in [0.25, 0.3) is 0 Å². The Balaban J connectivity index is 2.18. The van der Waals surface area contributed by atoms with Crippen molar-refractivity contribution in [1.29, 1.82) is 0 Å². The molecule has 0 bridgehead atoms. The molecule has 0 spiro atoms. The molecule has 0 atom stereocenters. The molecule has 2 nitrogen and oxygen atoms in total. The Morgan fingerprint density at radius 1 is 1.20 bits per heavy atom. The molecule has 0 radical (unpaired) electrons. The quantitative estimate of drug-likeness (QED) is 0.807. The average Bonchev–Trinajstić information content (AvgIpc) is 2.38. The first kappa shape index (κ1) is 14.9. The predicted molar refractivity (Wildman–Crippen MR) is 83.4 cm³/mol. The van der Waals surface area contributed by atoms with Gasteiger partial charge in [-0.2, -0.15) is 0 Å². The maximum atomic E-state index is 13.0. The summed E-state index contributed by atoms with van der Waals surface area (Å²) in [4.78, 5) is 0. The molecule has 0 aliphatic rings. The van der Waals surface area contributed by atoms with Gasteiger partial charge in [0, 0.05) is 15.7 Å². The van der Waals surface area contributed by atoms with Gasteiger partial charge in [-0.1, -0.05) is 35.8 Å². The van der Waals surface area contributed by atoms with E-state index in [0.29, 0.717) is 18.2 Å². The summed E-state index contributed by atoms with van der Waals surface area (Å²) in [6.07, 6.45) is 0. The van der Waals surface area contributed by atoms with Crippen molar-refractivity contribution in [3.8, 4) is 5.75 Å². The number of halogens is 2. The summed E-state index contributed by atoms with van der Waals surface area (Å²) >= 11 is 3.46. The Morgan fingerprint density at radius 2 is 1.95 bits per heavy atom. The molecule has 0 aliphatic carbocycles. The molecule has 0 fully saturated rings. The lowest BCUT2D eigenvalue weighted by Crippen LogP contribution is -2.03. The number of hydrogen-bond donors (Lipinski definition) is 1. The van der Waals surface area contributed by atoms with Gasteiger partial charge in [-0.15, -0.1) is 0 Å². The van der Waals surface area contributed by atoms with Gasteiger partial charge >= 0.3 is 0 Å². The minimum Gasteiger partial charge on any atom is -0.489 e. The van der Waals surface area contributed by atoms with Gasteiger partial charge in [-0.05, 0) is 41.8 Å². The van der Waals surface area contributed by atoms with Crippen LogP contribution < -0.4 is 10.5 Å². The van der Waals surface area contributed by atoms with Crippen molar-refractivity contribution in [2.45, 2.75) is 26.4 Å². The van der Waals surface area contributed by atoms with E-state index in [1.165, 1.54) is 12.1 Å². The molecule has 20 heavy (non-hydrogen) atoms. The number of rotatable bonds is 4. The molecule has 0 saturated heterocycles. The second-order valence-corrected chi connectivity index (χ2v) is 5.88. The number of nitrogens with two attached hydrogens (primary N) is 1. The molecule has 0 aliphatic heterocycles. The third-order valence-electron chi connectivity index (χ3n) is 3.08. The Kier molecular flexibility index (Phi) is 4.65. The fourth-order valence-electron chi connectivity index (χ4n) is 1.95. The predicted octanol–water partition coefficient (Wildman–Crippen LogP) is 4.87. The van der Waals surface area contributed by atoms with Crippen LogP contribution in [-0.4, -0.2) is 0 Å². The minimum atomic E-state index is -0.335. The van der Waals surface area contributed by atoms with E-state index in [1.54, 1.807) is 6.07 Å². The Morgan fingerprint density at radius 3 is 2.60 bits per heavy atom. The van der Waals surface area contributed by atoms with Gasteiger partial charge in [-0.25, -0.2) is 4.39 Å². The lowest BCUT2D eigenvalue weighted by molar-refractivity contribution is 0.302. The Hall–Kier alpha value is -1.55. The third kappa shape index (κ3) is 3.51. The molecule has 0 saturated carbocycles. The summed E-state index contributed by atoms with van der Waals surface area (Å²) in [6, 6.07) is 10.3. The van der Waals surface area contributed by atoms with Crippen molar-refractivity contribution in [2.75, 3.05) is 5.73 Å². The van der Waals surface area contributed by atoms with Crippen LogP contribution in [0.15, 0.2) is 40.9 Å². The standard InChI is InChI=1S/C16H17BrFNO/c1-10(2)14-7-12(17)4-6-16(14)20-9-11-3-5-13(18)8-15(11)19/h3-8,10H,9,19H2,1-2H3. The summed E-state index contributed by atoms with van der Waals surface area (Å²) in [7, 11) is 0. The van der Waals surface area contributed by atoms with Gasteiger partial charge in [0.05, 0.1) is 0 Å². The van der Waals surface area contributed by atoms with Gasteiger partial charge < -0.3 is 10.5 Å². The van der Waals surface area contributed by atoms with Crippen molar-refractivity contribution >= 4 is 21.6 Å². The molecule has 2 aromatic rings. The molecule has 0 unspecified atom stereocenters. The monoisotopic (exact) mass is 337 g/mol. The highest BCUT2D eigenvalue weighted by atomic mass is 79.9. The number of ether oxygens (including phenoxy) is 1. The SMILES string of the molecule is CC(C)c1cc(Br)ccc1OCc1ccc(F)cc1N. The molecule has 2 N–H and O–H groups in total. The maximum Gasteiger partial charge on any atom is 0.125 e. The van der Waals surface area contributed by atoms with Crippen LogP contribution in [0.25, 0.3) is 0 Å². The molecule has 2 aromatic carbocycles. The largest absolute Gasteiger partial charge is 0.489 e. The Labute approximate surface area is 126 Å². The van der Waals surface area contributed by atoms with Gasteiger partial charge in [0.1, 0.15) is 18.2 Å². The topological polar surface area (TPSA) is 35.2 Å².